The fraction of sp³-hybridized carbons (Fsp3) is 0.227. The molecule has 0 saturated heterocycles. The summed E-state index contributed by atoms with van der Waals surface area (Å²) in [7, 11) is 0. The van der Waals surface area contributed by atoms with E-state index in [-0.39, 0.29) is 5.91 Å². The lowest BCUT2D eigenvalue weighted by Gasteiger charge is -2.16. The minimum atomic E-state index is -0.555. The number of aryl methyl sites for hydroxylation is 1. The van der Waals surface area contributed by atoms with Crippen LogP contribution in [-0.4, -0.2) is 18.6 Å². The summed E-state index contributed by atoms with van der Waals surface area (Å²) in [5.41, 5.74) is 1.10. The number of amides is 1. The zero-order valence-corrected chi connectivity index (χ0v) is 15.5. The van der Waals surface area contributed by atoms with Gasteiger partial charge in [0.15, 0.2) is 6.10 Å². The molecule has 0 aliphatic rings. The summed E-state index contributed by atoms with van der Waals surface area (Å²) in [6.45, 7) is 2.36. The van der Waals surface area contributed by atoms with E-state index < -0.39 is 6.10 Å². The Kier molecular flexibility index (Phi) is 6.13. The second-order valence-electron chi connectivity index (χ2n) is 6.22. The SMILES string of the molecule is CC(Oc1cccc2ccccc12)C(=O)NCCCc1ccccc1Cl. The van der Waals surface area contributed by atoms with Gasteiger partial charge in [-0.15, -0.1) is 0 Å². The molecule has 0 aromatic heterocycles. The van der Waals surface area contributed by atoms with Gasteiger partial charge in [-0.25, -0.2) is 0 Å². The number of hydrogen-bond donors (Lipinski definition) is 1. The van der Waals surface area contributed by atoms with E-state index in [0.29, 0.717) is 6.54 Å². The number of carbonyl (C=O) groups excluding carboxylic acids is 1. The van der Waals surface area contributed by atoms with Crippen LogP contribution in [0.4, 0.5) is 0 Å². The Bertz CT molecular complexity index is 889. The van der Waals surface area contributed by atoms with Crippen LogP contribution in [0.3, 0.4) is 0 Å². The van der Waals surface area contributed by atoms with Crippen molar-refractivity contribution in [3.05, 3.63) is 77.3 Å². The smallest absolute Gasteiger partial charge is 0.260 e. The lowest BCUT2D eigenvalue weighted by molar-refractivity contribution is -0.127. The van der Waals surface area contributed by atoms with Gasteiger partial charge in [0.05, 0.1) is 0 Å². The highest BCUT2D eigenvalue weighted by Gasteiger charge is 2.15. The average Bonchev–Trinajstić information content (AvgIpc) is 2.66. The molecule has 0 aliphatic carbocycles. The van der Waals surface area contributed by atoms with Gasteiger partial charge in [-0.2, -0.15) is 0 Å². The monoisotopic (exact) mass is 367 g/mol. The largest absolute Gasteiger partial charge is 0.480 e. The number of hydrogen-bond acceptors (Lipinski definition) is 2. The molecule has 0 bridgehead atoms. The molecule has 0 saturated carbocycles. The predicted octanol–water partition coefficient (Wildman–Crippen LogP) is 5.01. The van der Waals surface area contributed by atoms with E-state index in [1.54, 1.807) is 6.92 Å². The predicted molar refractivity (Wildman–Crippen MR) is 107 cm³/mol. The van der Waals surface area contributed by atoms with E-state index in [1.807, 2.05) is 66.7 Å². The molecule has 1 amide bonds. The van der Waals surface area contributed by atoms with Gasteiger partial charge in [0.1, 0.15) is 5.75 Å². The van der Waals surface area contributed by atoms with Crippen LogP contribution < -0.4 is 10.1 Å². The molecule has 0 fully saturated rings. The van der Waals surface area contributed by atoms with Crippen LogP contribution in [-0.2, 0) is 11.2 Å². The van der Waals surface area contributed by atoms with Crippen molar-refractivity contribution in [3.8, 4) is 5.75 Å². The number of carbonyl (C=O) groups is 1. The second-order valence-corrected chi connectivity index (χ2v) is 6.63. The zero-order chi connectivity index (χ0) is 18.4. The van der Waals surface area contributed by atoms with E-state index >= 15 is 0 Å². The average molecular weight is 368 g/mol. The quantitative estimate of drug-likeness (QED) is 0.596. The van der Waals surface area contributed by atoms with Crippen LogP contribution in [0, 0.1) is 0 Å². The number of fused-ring (bicyclic) bond motifs is 1. The van der Waals surface area contributed by atoms with E-state index in [0.717, 1.165) is 39.9 Å². The van der Waals surface area contributed by atoms with Crippen LogP contribution in [0.15, 0.2) is 66.7 Å². The first-order valence-corrected chi connectivity index (χ1v) is 9.18. The molecule has 26 heavy (non-hydrogen) atoms. The molecule has 1 atom stereocenters. The fourth-order valence-corrected chi connectivity index (χ4v) is 3.11. The number of halogens is 1. The molecule has 0 radical (unpaired) electrons. The first-order chi connectivity index (χ1) is 12.6. The molecular weight excluding hydrogens is 346 g/mol. The molecule has 0 heterocycles. The highest BCUT2D eigenvalue weighted by atomic mass is 35.5. The lowest BCUT2D eigenvalue weighted by atomic mass is 10.1. The third kappa shape index (κ3) is 4.55. The summed E-state index contributed by atoms with van der Waals surface area (Å²) in [6, 6.07) is 21.6. The van der Waals surface area contributed by atoms with Gasteiger partial charge in [0, 0.05) is 17.0 Å². The van der Waals surface area contributed by atoms with Gasteiger partial charge in [-0.3, -0.25) is 4.79 Å². The molecule has 3 aromatic rings. The Morgan fingerprint density at radius 3 is 2.62 bits per heavy atom. The highest BCUT2D eigenvalue weighted by molar-refractivity contribution is 6.31. The maximum atomic E-state index is 12.3. The van der Waals surface area contributed by atoms with Gasteiger partial charge in [0.2, 0.25) is 0 Å². The molecule has 3 aromatic carbocycles. The summed E-state index contributed by atoms with van der Waals surface area (Å²) in [4.78, 5) is 12.3. The molecule has 3 rings (SSSR count). The van der Waals surface area contributed by atoms with Crippen molar-refractivity contribution in [1.82, 2.24) is 5.32 Å². The summed E-state index contributed by atoms with van der Waals surface area (Å²) in [5, 5.41) is 5.81. The molecule has 1 unspecified atom stereocenters. The van der Waals surface area contributed by atoms with Crippen molar-refractivity contribution in [2.75, 3.05) is 6.54 Å². The summed E-state index contributed by atoms with van der Waals surface area (Å²) in [6.07, 6.45) is 1.11. The van der Waals surface area contributed by atoms with E-state index in [1.165, 1.54) is 0 Å². The van der Waals surface area contributed by atoms with E-state index in [4.69, 9.17) is 16.3 Å². The van der Waals surface area contributed by atoms with E-state index in [9.17, 15) is 4.79 Å². The van der Waals surface area contributed by atoms with Crippen LogP contribution in [0.25, 0.3) is 10.8 Å². The Balaban J connectivity index is 1.51. The van der Waals surface area contributed by atoms with Gasteiger partial charge in [-0.1, -0.05) is 66.2 Å². The zero-order valence-electron chi connectivity index (χ0n) is 14.7. The molecule has 4 heteroatoms. The molecule has 0 spiro atoms. The molecule has 0 aliphatic heterocycles. The van der Waals surface area contributed by atoms with Crippen molar-refractivity contribution in [2.45, 2.75) is 25.9 Å². The Morgan fingerprint density at radius 2 is 1.77 bits per heavy atom. The van der Waals surface area contributed by atoms with Crippen LogP contribution in [0.1, 0.15) is 18.9 Å². The Morgan fingerprint density at radius 1 is 1.04 bits per heavy atom. The molecular formula is C22H22ClNO2. The third-order valence-electron chi connectivity index (χ3n) is 4.30. The van der Waals surface area contributed by atoms with Crippen molar-refractivity contribution < 1.29 is 9.53 Å². The maximum absolute atomic E-state index is 12.3. The van der Waals surface area contributed by atoms with Crippen molar-refractivity contribution >= 4 is 28.3 Å². The van der Waals surface area contributed by atoms with Gasteiger partial charge in [-0.05, 0) is 42.8 Å². The summed E-state index contributed by atoms with van der Waals surface area (Å²) >= 11 is 6.15. The first kappa shape index (κ1) is 18.3. The molecule has 3 nitrogen and oxygen atoms in total. The van der Waals surface area contributed by atoms with Crippen LogP contribution >= 0.6 is 11.6 Å². The van der Waals surface area contributed by atoms with Gasteiger partial charge >= 0.3 is 0 Å². The topological polar surface area (TPSA) is 38.3 Å². The first-order valence-electron chi connectivity index (χ1n) is 8.80. The number of rotatable bonds is 7. The maximum Gasteiger partial charge on any atom is 0.260 e. The number of ether oxygens (including phenoxy) is 1. The standard InChI is InChI=1S/C22H22ClNO2/c1-16(26-21-14-6-10-17-8-2-4-12-19(17)21)22(25)24-15-7-11-18-9-3-5-13-20(18)23/h2-6,8-10,12-14,16H,7,11,15H2,1H3,(H,24,25). The van der Waals surface area contributed by atoms with Crippen LogP contribution in [0.5, 0.6) is 5.75 Å². The third-order valence-corrected chi connectivity index (χ3v) is 4.67. The van der Waals surface area contributed by atoms with E-state index in [2.05, 4.69) is 5.32 Å². The van der Waals surface area contributed by atoms with Gasteiger partial charge in [0.25, 0.3) is 5.91 Å². The minimum Gasteiger partial charge on any atom is -0.480 e. The molecule has 134 valence electrons. The van der Waals surface area contributed by atoms with Crippen molar-refractivity contribution in [1.29, 1.82) is 0 Å². The Hall–Kier alpha value is -2.52. The number of nitrogens with one attached hydrogen (secondary N) is 1. The Labute approximate surface area is 158 Å². The van der Waals surface area contributed by atoms with Crippen molar-refractivity contribution in [3.63, 3.8) is 0 Å². The number of benzene rings is 3. The van der Waals surface area contributed by atoms with Gasteiger partial charge < -0.3 is 10.1 Å². The molecule has 1 N–H and O–H groups in total. The normalized spacial score (nSPS) is 11.9. The fourth-order valence-electron chi connectivity index (χ4n) is 2.88. The minimum absolute atomic E-state index is 0.114. The lowest BCUT2D eigenvalue weighted by Crippen LogP contribution is -2.37. The van der Waals surface area contributed by atoms with Crippen molar-refractivity contribution in [2.24, 2.45) is 0 Å². The summed E-state index contributed by atoms with van der Waals surface area (Å²) < 4.78 is 5.89. The second kappa shape index (κ2) is 8.72. The summed E-state index contributed by atoms with van der Waals surface area (Å²) in [5.74, 6) is 0.610. The van der Waals surface area contributed by atoms with Crippen LogP contribution in [0.2, 0.25) is 5.02 Å². The highest BCUT2D eigenvalue weighted by Crippen LogP contribution is 2.26.